The first-order valence-corrected chi connectivity index (χ1v) is 3.57. The zero-order valence-corrected chi connectivity index (χ0v) is 6.83. The molecule has 0 bridgehead atoms. The van der Waals surface area contributed by atoms with Gasteiger partial charge in [-0.05, 0) is 17.6 Å². The molecule has 0 unspecified atom stereocenters. The van der Waals surface area contributed by atoms with Crippen molar-refractivity contribution in [3.05, 3.63) is 23.9 Å². The molecule has 1 aliphatic heterocycles. The molecular weight excluding hydrogens is 136 g/mol. The van der Waals surface area contributed by atoms with E-state index in [1.54, 1.807) is 12.3 Å². The fraction of sp³-hybridized carbons (Fsp3) is 0.444. The predicted molar refractivity (Wildman–Crippen MR) is 48.3 cm³/mol. The molecule has 0 fully saturated rings. The Kier molecular flexibility index (Phi) is 1.26. The molecule has 0 atom stereocenters. The molecule has 1 aliphatic rings. The van der Waals surface area contributed by atoms with Gasteiger partial charge >= 0.3 is 0 Å². The van der Waals surface area contributed by atoms with Crippen LogP contribution in [0.15, 0.2) is 29.0 Å². The van der Waals surface area contributed by atoms with E-state index in [-0.39, 0.29) is 0 Å². The highest BCUT2D eigenvalue weighted by Gasteiger charge is 2.07. The van der Waals surface area contributed by atoms with Crippen LogP contribution >= 0.6 is 0 Å². The van der Waals surface area contributed by atoms with E-state index in [1.165, 1.54) is 0 Å². The number of hydrogen-bond acceptors (Lipinski definition) is 2. The number of allylic oxidation sites excluding steroid dienone is 2. The van der Waals surface area contributed by atoms with Crippen LogP contribution in [-0.4, -0.2) is 18.2 Å². The number of likely N-dealkylation sites (N-methyl/N-ethyl adjacent to an activating group) is 1. The van der Waals surface area contributed by atoms with Crippen LogP contribution in [0.3, 0.4) is 0 Å². The van der Waals surface area contributed by atoms with Crippen molar-refractivity contribution < 1.29 is 4.11 Å². The summed E-state index contributed by atoms with van der Waals surface area (Å²) >= 11 is 0. The molecule has 0 amide bonds. The van der Waals surface area contributed by atoms with Gasteiger partial charge in [-0.25, -0.2) is 0 Å². The summed E-state index contributed by atoms with van der Waals surface area (Å²) in [6.07, 6.45) is 3.33. The number of hydrogen-bond donors (Lipinski definition) is 0. The molecule has 0 saturated heterocycles. The van der Waals surface area contributed by atoms with Crippen LogP contribution in [-0.2, 0) is 0 Å². The Hall–Kier alpha value is -1.05. The largest absolute Gasteiger partial charge is 0.269 e. The van der Waals surface area contributed by atoms with Crippen molar-refractivity contribution in [3.63, 3.8) is 0 Å². The Morgan fingerprint density at radius 1 is 1.73 bits per heavy atom. The Morgan fingerprint density at radius 3 is 2.91 bits per heavy atom. The summed E-state index contributed by atoms with van der Waals surface area (Å²) in [5, 5.41) is 4.82. The van der Waals surface area contributed by atoms with Gasteiger partial charge in [0.05, 0.1) is 11.9 Å². The first-order valence-electron chi connectivity index (χ1n) is 5.07. The molecule has 0 radical (unpaired) electrons. The normalized spacial score (nSPS) is 22.8. The number of nitrogens with zero attached hydrogens (tertiary/aromatic N) is 2. The highest BCUT2D eigenvalue weighted by atomic mass is 15.4. The Morgan fingerprint density at radius 2 is 2.45 bits per heavy atom. The van der Waals surface area contributed by atoms with E-state index < -0.39 is 6.98 Å². The van der Waals surface area contributed by atoms with Crippen LogP contribution in [0.25, 0.3) is 0 Å². The first kappa shape index (κ1) is 4.75. The fourth-order valence-corrected chi connectivity index (χ4v) is 0.805. The summed E-state index contributed by atoms with van der Waals surface area (Å²) in [5.74, 6) is 0.328. The summed E-state index contributed by atoms with van der Waals surface area (Å²) in [6, 6.07) is 0. The monoisotopic (exact) mass is 153 g/mol. The van der Waals surface area contributed by atoms with Crippen molar-refractivity contribution in [2.75, 3.05) is 6.98 Å². The van der Waals surface area contributed by atoms with E-state index in [9.17, 15) is 0 Å². The van der Waals surface area contributed by atoms with Crippen molar-refractivity contribution >= 4 is 6.21 Å². The highest BCUT2D eigenvalue weighted by molar-refractivity contribution is 5.80. The average Bonchev–Trinajstić information content (AvgIpc) is 2.01. The molecule has 0 N–H and O–H groups in total. The van der Waals surface area contributed by atoms with E-state index in [2.05, 4.69) is 11.7 Å². The van der Waals surface area contributed by atoms with Crippen LogP contribution in [0.4, 0.5) is 0 Å². The second kappa shape index (κ2) is 2.91. The molecule has 0 aromatic rings. The molecule has 11 heavy (non-hydrogen) atoms. The third-order valence-electron chi connectivity index (χ3n) is 1.59. The smallest absolute Gasteiger partial charge is 0.0522 e. The summed E-state index contributed by atoms with van der Waals surface area (Å²) in [6.45, 7) is 5.47. The molecule has 2 heteroatoms. The SMILES string of the molecule is [2H]C([2H])([2H])N1N=CC(C(C)C)=CC1=C. The molecular formula is C9H14N2. The summed E-state index contributed by atoms with van der Waals surface area (Å²) in [5.41, 5.74) is 1.41. The van der Waals surface area contributed by atoms with Crippen LogP contribution in [0, 0.1) is 5.92 Å². The summed E-state index contributed by atoms with van der Waals surface area (Å²) in [4.78, 5) is 0. The van der Waals surface area contributed by atoms with Crippen LogP contribution in [0.1, 0.15) is 18.0 Å². The zero-order chi connectivity index (χ0) is 10.9. The minimum absolute atomic E-state index is 0.328. The Balaban J connectivity index is 2.87. The van der Waals surface area contributed by atoms with Gasteiger partial charge in [-0.15, -0.1) is 0 Å². The molecule has 0 aromatic carbocycles. The van der Waals surface area contributed by atoms with E-state index in [0.717, 1.165) is 10.6 Å². The zero-order valence-electron chi connectivity index (χ0n) is 9.83. The van der Waals surface area contributed by atoms with Gasteiger partial charge in [0.15, 0.2) is 0 Å². The molecule has 2 nitrogen and oxygen atoms in total. The van der Waals surface area contributed by atoms with E-state index in [4.69, 9.17) is 4.11 Å². The topological polar surface area (TPSA) is 15.6 Å². The molecule has 0 saturated carbocycles. The van der Waals surface area contributed by atoms with E-state index >= 15 is 0 Å². The van der Waals surface area contributed by atoms with Gasteiger partial charge < -0.3 is 0 Å². The number of hydrazone groups is 1. The van der Waals surface area contributed by atoms with Gasteiger partial charge in [0.2, 0.25) is 0 Å². The lowest BCUT2D eigenvalue weighted by Crippen LogP contribution is -2.14. The Labute approximate surface area is 72.1 Å². The summed E-state index contributed by atoms with van der Waals surface area (Å²) in [7, 11) is 0. The van der Waals surface area contributed by atoms with Crippen molar-refractivity contribution in [2.24, 2.45) is 11.0 Å². The van der Waals surface area contributed by atoms with Crippen molar-refractivity contribution in [1.29, 1.82) is 0 Å². The third-order valence-corrected chi connectivity index (χ3v) is 1.59. The number of rotatable bonds is 1. The van der Waals surface area contributed by atoms with Gasteiger partial charge in [0.1, 0.15) is 0 Å². The van der Waals surface area contributed by atoms with Crippen LogP contribution < -0.4 is 0 Å². The molecule has 0 aliphatic carbocycles. The predicted octanol–water partition coefficient (Wildman–Crippen LogP) is 2.01. The molecule has 0 aromatic heterocycles. The second-order valence-corrected chi connectivity index (χ2v) is 2.85. The maximum absolute atomic E-state index is 7.19. The maximum atomic E-state index is 7.19. The highest BCUT2D eigenvalue weighted by Crippen LogP contribution is 2.15. The first-order chi connectivity index (χ1) is 6.32. The second-order valence-electron chi connectivity index (χ2n) is 2.85. The third kappa shape index (κ3) is 1.70. The van der Waals surface area contributed by atoms with Crippen molar-refractivity contribution in [2.45, 2.75) is 13.8 Å². The lowest BCUT2D eigenvalue weighted by Gasteiger charge is -2.19. The molecule has 1 heterocycles. The van der Waals surface area contributed by atoms with Crippen LogP contribution in [0.2, 0.25) is 0 Å². The van der Waals surface area contributed by atoms with Gasteiger partial charge in [0, 0.05) is 11.1 Å². The minimum atomic E-state index is -2.24. The molecule has 0 spiro atoms. The fourth-order valence-electron chi connectivity index (χ4n) is 0.805. The van der Waals surface area contributed by atoms with Gasteiger partial charge in [-0.2, -0.15) is 5.10 Å². The maximum Gasteiger partial charge on any atom is 0.0522 e. The Bertz CT molecular complexity index is 300. The standard InChI is InChI=1S/C9H14N2/c1-7(2)9-5-8(3)11(4)10-6-9/h5-7H,3H2,1-2,4H3/i4D3. The lowest BCUT2D eigenvalue weighted by molar-refractivity contribution is 0.458. The van der Waals surface area contributed by atoms with Gasteiger partial charge in [-0.3, -0.25) is 5.01 Å². The van der Waals surface area contributed by atoms with Gasteiger partial charge in [-0.1, -0.05) is 20.4 Å². The van der Waals surface area contributed by atoms with E-state index in [0.29, 0.717) is 11.6 Å². The average molecular weight is 153 g/mol. The van der Waals surface area contributed by atoms with E-state index in [1.807, 2.05) is 13.8 Å². The summed E-state index contributed by atoms with van der Waals surface area (Å²) < 4.78 is 21.6. The lowest BCUT2D eigenvalue weighted by atomic mass is 10.0. The van der Waals surface area contributed by atoms with Gasteiger partial charge in [0.25, 0.3) is 0 Å². The van der Waals surface area contributed by atoms with Crippen LogP contribution in [0.5, 0.6) is 0 Å². The molecule has 60 valence electrons. The minimum Gasteiger partial charge on any atom is -0.269 e. The van der Waals surface area contributed by atoms with Crippen molar-refractivity contribution in [3.8, 4) is 0 Å². The molecule has 1 rings (SSSR count). The van der Waals surface area contributed by atoms with Crippen molar-refractivity contribution in [1.82, 2.24) is 5.01 Å². The quantitative estimate of drug-likeness (QED) is 0.562.